The van der Waals surface area contributed by atoms with Gasteiger partial charge in [0, 0.05) is 23.6 Å². The molecule has 0 saturated heterocycles. The van der Waals surface area contributed by atoms with Crippen LogP contribution in [0.1, 0.15) is 12.8 Å². The SMILES string of the molecule is CS(=O)(=O)CC1(CNc2ncnc3ccccc23)CC1. The third-order valence-corrected chi connectivity index (χ3v) is 4.84. The minimum Gasteiger partial charge on any atom is -0.369 e. The lowest BCUT2D eigenvalue weighted by Crippen LogP contribution is -2.24. The van der Waals surface area contributed by atoms with Gasteiger partial charge in [0.2, 0.25) is 0 Å². The summed E-state index contributed by atoms with van der Waals surface area (Å²) in [7, 11) is -2.94. The number of hydrogen-bond donors (Lipinski definition) is 1. The highest BCUT2D eigenvalue weighted by molar-refractivity contribution is 7.90. The van der Waals surface area contributed by atoms with Gasteiger partial charge >= 0.3 is 0 Å². The summed E-state index contributed by atoms with van der Waals surface area (Å²) in [4.78, 5) is 8.48. The number of rotatable bonds is 5. The molecule has 106 valence electrons. The second kappa shape index (κ2) is 4.70. The van der Waals surface area contributed by atoms with Crippen LogP contribution in [0, 0.1) is 5.41 Å². The molecular weight excluding hydrogens is 274 g/mol. The lowest BCUT2D eigenvalue weighted by Gasteiger charge is -2.16. The van der Waals surface area contributed by atoms with Gasteiger partial charge in [0.1, 0.15) is 22.0 Å². The molecule has 0 unspecified atom stereocenters. The number of anilines is 1. The zero-order valence-electron chi connectivity index (χ0n) is 11.3. The minimum atomic E-state index is -2.94. The van der Waals surface area contributed by atoms with Gasteiger partial charge in [-0.2, -0.15) is 0 Å². The van der Waals surface area contributed by atoms with Gasteiger partial charge in [0.25, 0.3) is 0 Å². The molecule has 0 radical (unpaired) electrons. The zero-order valence-corrected chi connectivity index (χ0v) is 12.2. The molecule has 6 heteroatoms. The normalized spacial score (nSPS) is 17.1. The van der Waals surface area contributed by atoms with Gasteiger partial charge in [-0.15, -0.1) is 0 Å². The van der Waals surface area contributed by atoms with Crippen LogP contribution >= 0.6 is 0 Å². The fraction of sp³-hybridized carbons (Fsp3) is 0.429. The number of nitrogens with one attached hydrogen (secondary N) is 1. The Balaban J connectivity index is 1.78. The molecule has 0 bridgehead atoms. The van der Waals surface area contributed by atoms with Gasteiger partial charge in [0.15, 0.2) is 0 Å². The molecule has 1 aromatic heterocycles. The fourth-order valence-corrected chi connectivity index (χ4v) is 4.03. The number of benzene rings is 1. The zero-order chi connectivity index (χ0) is 14.2. The van der Waals surface area contributed by atoms with Crippen molar-refractivity contribution in [3.8, 4) is 0 Å². The first kappa shape index (κ1) is 13.3. The van der Waals surface area contributed by atoms with E-state index in [1.54, 1.807) is 0 Å². The topological polar surface area (TPSA) is 72.0 Å². The molecule has 5 nitrogen and oxygen atoms in total. The quantitative estimate of drug-likeness (QED) is 0.910. The van der Waals surface area contributed by atoms with Crippen molar-refractivity contribution < 1.29 is 8.42 Å². The standard InChI is InChI=1S/C14H17N3O2S/c1-20(18,19)9-14(6-7-14)8-15-13-11-4-2-3-5-12(11)16-10-17-13/h2-5,10H,6-9H2,1H3,(H,15,16,17). The van der Waals surface area contributed by atoms with Crippen molar-refractivity contribution in [2.45, 2.75) is 12.8 Å². The summed E-state index contributed by atoms with van der Waals surface area (Å²) in [6.07, 6.45) is 4.74. The van der Waals surface area contributed by atoms with Crippen molar-refractivity contribution in [1.82, 2.24) is 9.97 Å². The Bertz CT molecular complexity index is 734. The molecule has 1 fully saturated rings. The van der Waals surface area contributed by atoms with Gasteiger partial charge in [-0.1, -0.05) is 12.1 Å². The maximum absolute atomic E-state index is 11.5. The van der Waals surface area contributed by atoms with E-state index >= 15 is 0 Å². The molecule has 1 aliphatic rings. The highest BCUT2D eigenvalue weighted by Crippen LogP contribution is 2.46. The summed E-state index contributed by atoms with van der Waals surface area (Å²) in [6.45, 7) is 0.640. The molecule has 0 amide bonds. The van der Waals surface area contributed by atoms with Crippen LogP contribution < -0.4 is 5.32 Å². The number of sulfone groups is 1. The number of aromatic nitrogens is 2. The lowest BCUT2D eigenvalue weighted by molar-refractivity contribution is 0.560. The molecule has 0 aliphatic heterocycles. The molecule has 20 heavy (non-hydrogen) atoms. The number of para-hydroxylation sites is 1. The van der Waals surface area contributed by atoms with Gasteiger partial charge in [-0.25, -0.2) is 18.4 Å². The van der Waals surface area contributed by atoms with Gasteiger partial charge in [0.05, 0.1) is 11.3 Å². The first-order valence-corrected chi connectivity index (χ1v) is 8.65. The second-order valence-corrected chi connectivity index (χ2v) is 7.80. The van der Waals surface area contributed by atoms with E-state index in [-0.39, 0.29) is 11.2 Å². The van der Waals surface area contributed by atoms with E-state index in [9.17, 15) is 8.42 Å². The predicted molar refractivity (Wildman–Crippen MR) is 79.4 cm³/mol. The van der Waals surface area contributed by atoms with Crippen LogP contribution in [0.25, 0.3) is 10.9 Å². The molecule has 1 saturated carbocycles. The van der Waals surface area contributed by atoms with Crippen LogP contribution in [0.4, 0.5) is 5.82 Å². The van der Waals surface area contributed by atoms with Crippen LogP contribution in [-0.2, 0) is 9.84 Å². The van der Waals surface area contributed by atoms with E-state index in [0.717, 1.165) is 29.6 Å². The maximum Gasteiger partial charge on any atom is 0.148 e. The molecular formula is C14H17N3O2S. The van der Waals surface area contributed by atoms with Crippen molar-refractivity contribution in [2.75, 3.05) is 23.9 Å². The molecule has 0 atom stereocenters. The van der Waals surface area contributed by atoms with Gasteiger partial charge < -0.3 is 5.32 Å². The second-order valence-electron chi connectivity index (χ2n) is 5.66. The fourth-order valence-electron chi connectivity index (χ4n) is 2.52. The van der Waals surface area contributed by atoms with E-state index in [4.69, 9.17) is 0 Å². The average molecular weight is 291 g/mol. The summed E-state index contributed by atoms with van der Waals surface area (Å²) in [6, 6.07) is 7.78. The molecule has 1 N–H and O–H groups in total. The Morgan fingerprint density at radius 3 is 2.70 bits per heavy atom. The summed E-state index contributed by atoms with van der Waals surface area (Å²) in [5.74, 6) is 1.02. The molecule has 3 rings (SSSR count). The van der Waals surface area contributed by atoms with Crippen LogP contribution in [-0.4, -0.2) is 36.9 Å². The Morgan fingerprint density at radius 1 is 1.25 bits per heavy atom. The summed E-state index contributed by atoms with van der Waals surface area (Å²) in [5.41, 5.74) is 0.776. The highest BCUT2D eigenvalue weighted by atomic mass is 32.2. The molecule has 1 aromatic carbocycles. The van der Waals surface area contributed by atoms with E-state index < -0.39 is 9.84 Å². The maximum atomic E-state index is 11.5. The highest BCUT2D eigenvalue weighted by Gasteiger charge is 2.45. The smallest absolute Gasteiger partial charge is 0.148 e. The first-order chi connectivity index (χ1) is 9.48. The van der Waals surface area contributed by atoms with Crippen LogP contribution in [0.2, 0.25) is 0 Å². The van der Waals surface area contributed by atoms with Gasteiger partial charge in [-0.05, 0) is 25.0 Å². The largest absolute Gasteiger partial charge is 0.369 e. The van der Waals surface area contributed by atoms with Crippen LogP contribution in [0.3, 0.4) is 0 Å². The molecule has 2 aromatic rings. The van der Waals surface area contributed by atoms with E-state index in [0.29, 0.717) is 6.54 Å². The molecule has 0 spiro atoms. The number of fused-ring (bicyclic) bond motifs is 1. The average Bonchev–Trinajstić information content (AvgIpc) is 3.14. The first-order valence-electron chi connectivity index (χ1n) is 6.59. The summed E-state index contributed by atoms with van der Waals surface area (Å²) in [5, 5.41) is 4.26. The van der Waals surface area contributed by atoms with Crippen molar-refractivity contribution in [1.29, 1.82) is 0 Å². The van der Waals surface area contributed by atoms with Crippen molar-refractivity contribution in [2.24, 2.45) is 5.41 Å². The third-order valence-electron chi connectivity index (χ3n) is 3.70. The van der Waals surface area contributed by atoms with Crippen molar-refractivity contribution in [3.05, 3.63) is 30.6 Å². The van der Waals surface area contributed by atoms with Crippen molar-refractivity contribution in [3.63, 3.8) is 0 Å². The molecule has 1 aliphatic carbocycles. The third kappa shape index (κ3) is 2.90. The minimum absolute atomic E-state index is 0.111. The van der Waals surface area contributed by atoms with Crippen LogP contribution in [0.5, 0.6) is 0 Å². The Hall–Kier alpha value is -1.69. The summed E-state index contributed by atoms with van der Waals surface area (Å²) < 4.78 is 22.9. The Labute approximate surface area is 118 Å². The number of nitrogens with zero attached hydrogens (tertiary/aromatic N) is 2. The van der Waals surface area contributed by atoms with Crippen molar-refractivity contribution >= 4 is 26.6 Å². The lowest BCUT2D eigenvalue weighted by atomic mass is 10.1. The Kier molecular flexibility index (Phi) is 3.12. The van der Waals surface area contributed by atoms with E-state index in [1.165, 1.54) is 12.6 Å². The van der Waals surface area contributed by atoms with Crippen LogP contribution in [0.15, 0.2) is 30.6 Å². The number of hydrogen-bond acceptors (Lipinski definition) is 5. The van der Waals surface area contributed by atoms with E-state index in [2.05, 4.69) is 15.3 Å². The predicted octanol–water partition coefficient (Wildman–Crippen LogP) is 1.87. The van der Waals surface area contributed by atoms with Gasteiger partial charge in [-0.3, -0.25) is 0 Å². The molecule has 1 heterocycles. The van der Waals surface area contributed by atoms with E-state index in [1.807, 2.05) is 24.3 Å². The Morgan fingerprint density at radius 2 is 2.00 bits per heavy atom. The monoisotopic (exact) mass is 291 g/mol. The summed E-state index contributed by atoms with van der Waals surface area (Å²) >= 11 is 0.